The van der Waals surface area contributed by atoms with Crippen LogP contribution in [0.15, 0.2) is 17.6 Å². The van der Waals surface area contributed by atoms with Crippen molar-refractivity contribution in [1.29, 1.82) is 0 Å². The van der Waals surface area contributed by atoms with E-state index >= 15 is 0 Å². The average molecular weight is 316 g/mol. The van der Waals surface area contributed by atoms with Gasteiger partial charge in [0.15, 0.2) is 6.23 Å². The number of amidine groups is 1. The molecule has 0 amide bonds. The maximum atomic E-state index is 10.9. The summed E-state index contributed by atoms with van der Waals surface area (Å²) in [6.07, 6.45) is 1.93. The first kappa shape index (κ1) is 20.2. The maximum Gasteiger partial charge on any atom is 0.309 e. The van der Waals surface area contributed by atoms with Crippen LogP contribution in [0.1, 0.15) is 26.2 Å². The number of carboxylic acid groups (broad SMARTS) is 2. The van der Waals surface area contributed by atoms with Gasteiger partial charge in [-0.1, -0.05) is 6.08 Å². The summed E-state index contributed by atoms with van der Waals surface area (Å²) >= 11 is 0. The van der Waals surface area contributed by atoms with Crippen LogP contribution in [0, 0.1) is 0 Å². The van der Waals surface area contributed by atoms with Crippen LogP contribution in [0.4, 0.5) is 0 Å². The Hall–Kier alpha value is -1.77. The monoisotopic (exact) mass is 316 g/mol. The number of hydrogen-bond donors (Lipinski definition) is 2. The van der Waals surface area contributed by atoms with Crippen molar-refractivity contribution >= 4 is 17.8 Å². The second kappa shape index (κ2) is 9.29. The van der Waals surface area contributed by atoms with Crippen LogP contribution >= 0.6 is 0 Å². The molecule has 2 atom stereocenters. The summed E-state index contributed by atoms with van der Waals surface area (Å²) in [6.45, 7) is 7.32. The second-order valence-corrected chi connectivity index (χ2v) is 5.03. The summed E-state index contributed by atoms with van der Waals surface area (Å²) < 4.78 is 5.98. The molecule has 0 saturated carbocycles. The van der Waals surface area contributed by atoms with Gasteiger partial charge in [-0.3, -0.25) is 14.1 Å². The lowest BCUT2D eigenvalue weighted by atomic mass is 10.2. The van der Waals surface area contributed by atoms with E-state index in [0.717, 1.165) is 5.84 Å². The molecule has 0 aromatic rings. The number of carboxylic acids is 2. The van der Waals surface area contributed by atoms with E-state index in [1.807, 2.05) is 6.92 Å². The van der Waals surface area contributed by atoms with E-state index in [2.05, 4.69) is 11.6 Å². The van der Waals surface area contributed by atoms with Crippen molar-refractivity contribution in [2.75, 3.05) is 26.2 Å². The number of ether oxygens (including phenoxy) is 1. The molecule has 3 N–H and O–H groups in total. The van der Waals surface area contributed by atoms with Crippen molar-refractivity contribution in [1.82, 2.24) is 0 Å². The summed E-state index contributed by atoms with van der Waals surface area (Å²) in [7, 11) is 0. The van der Waals surface area contributed by atoms with Gasteiger partial charge in [0.2, 0.25) is 5.84 Å². The third-order valence-corrected chi connectivity index (χ3v) is 3.73. The molecule has 1 aliphatic heterocycles. The molecule has 0 spiro atoms. The first-order valence-corrected chi connectivity index (χ1v) is 6.99. The van der Waals surface area contributed by atoms with Crippen LogP contribution in [0.2, 0.25) is 0 Å². The van der Waals surface area contributed by atoms with Gasteiger partial charge < -0.3 is 20.4 Å². The molecular weight excluding hydrogens is 292 g/mol. The zero-order valence-electron chi connectivity index (χ0n) is 12.8. The van der Waals surface area contributed by atoms with E-state index in [-0.39, 0.29) is 31.2 Å². The second-order valence-electron chi connectivity index (χ2n) is 5.03. The highest BCUT2D eigenvalue weighted by Crippen LogP contribution is 2.24. The standard InChI is InChI=1S/C14H22N2O5.H2O/c1-3-4-12-15-7-9-16(12,8-5-13(17)18)11(2)21-10-6-14(19)20;/h3,11H,1,4-10H2,2H3,(H-,17,18,19,20);1H2. The molecule has 0 aliphatic carbocycles. The molecule has 22 heavy (non-hydrogen) atoms. The Bertz CT molecular complexity index is 437. The van der Waals surface area contributed by atoms with Crippen LogP contribution in [0.5, 0.6) is 0 Å². The quantitative estimate of drug-likeness (QED) is 0.456. The Kier molecular flexibility index (Phi) is 8.54. The fourth-order valence-corrected chi connectivity index (χ4v) is 2.57. The number of hydrogen-bond acceptors (Lipinski definition) is 5. The number of carbonyl (C=O) groups is 2. The van der Waals surface area contributed by atoms with Gasteiger partial charge in [-0.2, -0.15) is 0 Å². The van der Waals surface area contributed by atoms with Crippen molar-refractivity contribution in [3.05, 3.63) is 12.7 Å². The highest BCUT2D eigenvalue weighted by molar-refractivity contribution is 5.78. The molecule has 0 radical (unpaired) electrons. The Labute approximate surface area is 129 Å². The largest absolute Gasteiger partial charge is 0.870 e. The molecule has 0 fully saturated rings. The molecule has 0 bridgehead atoms. The normalized spacial score (nSPS) is 21.6. The number of aliphatic imine (C=N–C) groups is 1. The minimum atomic E-state index is -0.916. The van der Waals surface area contributed by atoms with Gasteiger partial charge in [-0.05, 0) is 0 Å². The first-order valence-electron chi connectivity index (χ1n) is 6.99. The Morgan fingerprint density at radius 3 is 2.59 bits per heavy atom. The van der Waals surface area contributed by atoms with E-state index < -0.39 is 11.9 Å². The number of quaternary nitrogens is 1. The predicted molar refractivity (Wildman–Crippen MR) is 79.0 cm³/mol. The third-order valence-electron chi connectivity index (χ3n) is 3.73. The molecule has 0 saturated heterocycles. The Morgan fingerprint density at radius 2 is 2.05 bits per heavy atom. The van der Waals surface area contributed by atoms with Gasteiger partial charge in [-0.15, -0.1) is 6.58 Å². The van der Waals surface area contributed by atoms with Crippen molar-refractivity contribution in [2.45, 2.75) is 32.4 Å². The molecular formula is C14H24N2O6. The lowest BCUT2D eigenvalue weighted by Crippen LogP contribution is -2.58. The van der Waals surface area contributed by atoms with Gasteiger partial charge in [0.05, 0.1) is 39.0 Å². The molecule has 1 heterocycles. The number of aliphatic carboxylic acids is 2. The van der Waals surface area contributed by atoms with Gasteiger partial charge >= 0.3 is 11.9 Å². The van der Waals surface area contributed by atoms with Crippen LogP contribution in [-0.2, 0) is 14.3 Å². The van der Waals surface area contributed by atoms with Gasteiger partial charge in [0.25, 0.3) is 0 Å². The van der Waals surface area contributed by atoms with Crippen LogP contribution < -0.4 is 0 Å². The zero-order valence-corrected chi connectivity index (χ0v) is 12.8. The predicted octanol–water partition coefficient (Wildman–Crippen LogP) is 0.927. The van der Waals surface area contributed by atoms with Crippen molar-refractivity contribution < 1.29 is 34.5 Å². The van der Waals surface area contributed by atoms with E-state index in [9.17, 15) is 9.59 Å². The summed E-state index contributed by atoms with van der Waals surface area (Å²) in [5.74, 6) is -0.926. The Morgan fingerprint density at radius 1 is 1.41 bits per heavy atom. The fourth-order valence-electron chi connectivity index (χ4n) is 2.57. The minimum absolute atomic E-state index is 0. The van der Waals surface area contributed by atoms with Crippen LogP contribution in [0.3, 0.4) is 0 Å². The Balaban J connectivity index is 0.00000441. The molecule has 0 aromatic carbocycles. The first-order chi connectivity index (χ1) is 9.92. The van der Waals surface area contributed by atoms with Crippen molar-refractivity contribution in [2.24, 2.45) is 4.99 Å². The molecule has 126 valence electrons. The molecule has 2 unspecified atom stereocenters. The fraction of sp³-hybridized carbons (Fsp3) is 0.643. The lowest BCUT2D eigenvalue weighted by molar-refractivity contribution is -0.884. The van der Waals surface area contributed by atoms with Crippen molar-refractivity contribution in [3.63, 3.8) is 0 Å². The van der Waals surface area contributed by atoms with E-state index in [1.165, 1.54) is 0 Å². The van der Waals surface area contributed by atoms with E-state index in [0.29, 0.717) is 30.5 Å². The van der Waals surface area contributed by atoms with Gasteiger partial charge in [0, 0.05) is 6.92 Å². The summed E-state index contributed by atoms with van der Waals surface area (Å²) in [5, 5.41) is 17.6. The van der Waals surface area contributed by atoms with Crippen LogP contribution in [0.25, 0.3) is 0 Å². The summed E-state index contributed by atoms with van der Waals surface area (Å²) in [5.41, 5.74) is 0. The van der Waals surface area contributed by atoms with Gasteiger partial charge in [0.1, 0.15) is 6.54 Å². The summed E-state index contributed by atoms with van der Waals surface area (Å²) in [6, 6.07) is 0. The van der Waals surface area contributed by atoms with Crippen molar-refractivity contribution in [3.8, 4) is 0 Å². The highest BCUT2D eigenvalue weighted by atomic mass is 16.5. The number of nitrogens with zero attached hydrogens (tertiary/aromatic N) is 2. The maximum absolute atomic E-state index is 10.9. The average Bonchev–Trinajstić information content (AvgIpc) is 2.80. The van der Waals surface area contributed by atoms with Gasteiger partial charge in [-0.25, -0.2) is 4.99 Å². The molecule has 1 rings (SSSR count). The van der Waals surface area contributed by atoms with Crippen LogP contribution in [-0.4, -0.2) is 70.4 Å². The molecule has 8 nitrogen and oxygen atoms in total. The smallest absolute Gasteiger partial charge is 0.309 e. The number of rotatable bonds is 10. The SMILES string of the molecule is C=CCC1=NCC[N+]1(CCC(=O)O)C(C)OCCC(=O)O.[OH-]. The van der Waals surface area contributed by atoms with E-state index in [4.69, 9.17) is 14.9 Å². The topological polar surface area (TPSA) is 126 Å². The van der Waals surface area contributed by atoms with E-state index in [1.54, 1.807) is 6.08 Å². The third kappa shape index (κ3) is 5.21. The lowest BCUT2D eigenvalue weighted by Gasteiger charge is -2.39. The molecule has 0 aromatic heterocycles. The molecule has 8 heteroatoms. The zero-order chi connectivity index (χ0) is 15.9. The highest BCUT2D eigenvalue weighted by Gasteiger charge is 2.43. The summed E-state index contributed by atoms with van der Waals surface area (Å²) in [4.78, 5) is 25.9. The minimum Gasteiger partial charge on any atom is -0.870 e. The molecule has 1 aliphatic rings.